The molecule has 18 heavy (non-hydrogen) atoms. The van der Waals surface area contributed by atoms with E-state index in [0.29, 0.717) is 24.4 Å². The number of ether oxygens (including phenoxy) is 1. The Morgan fingerprint density at radius 2 is 2.17 bits per heavy atom. The van der Waals surface area contributed by atoms with Crippen molar-refractivity contribution in [3.8, 4) is 0 Å². The van der Waals surface area contributed by atoms with Crippen LogP contribution in [0.2, 0.25) is 0 Å². The summed E-state index contributed by atoms with van der Waals surface area (Å²) in [6.07, 6.45) is 3.47. The molecule has 4 atom stereocenters. The fraction of sp³-hybridized carbons (Fsp3) is 0.929. The molecule has 0 radical (unpaired) electrons. The first-order valence-corrected chi connectivity index (χ1v) is 7.03. The number of aliphatic carboxylic acids is 1. The normalized spacial score (nSPS) is 33.9. The van der Waals surface area contributed by atoms with Crippen molar-refractivity contribution in [3.63, 3.8) is 0 Å². The summed E-state index contributed by atoms with van der Waals surface area (Å²) in [5.74, 6) is 0.724. The molecule has 0 bridgehead atoms. The number of hydrogen-bond acceptors (Lipinski definition) is 3. The summed E-state index contributed by atoms with van der Waals surface area (Å²) in [4.78, 5) is 13.8. The van der Waals surface area contributed by atoms with Gasteiger partial charge < -0.3 is 9.84 Å². The second-order valence-electron chi connectivity index (χ2n) is 6.10. The predicted molar refractivity (Wildman–Crippen MR) is 69.5 cm³/mol. The van der Waals surface area contributed by atoms with E-state index in [-0.39, 0.29) is 12.1 Å². The zero-order chi connectivity index (χ0) is 13.3. The number of rotatable bonds is 5. The molecule has 1 saturated heterocycles. The van der Waals surface area contributed by atoms with Crippen LogP contribution in [0.5, 0.6) is 0 Å². The zero-order valence-corrected chi connectivity index (χ0v) is 11.6. The maximum Gasteiger partial charge on any atom is 0.321 e. The Bertz CT molecular complexity index is 305. The van der Waals surface area contributed by atoms with Crippen LogP contribution in [0.3, 0.4) is 0 Å². The summed E-state index contributed by atoms with van der Waals surface area (Å²) in [6.45, 7) is 5.86. The molecule has 4 nitrogen and oxygen atoms in total. The van der Waals surface area contributed by atoms with Gasteiger partial charge >= 0.3 is 5.97 Å². The van der Waals surface area contributed by atoms with Crippen LogP contribution in [0.4, 0.5) is 0 Å². The van der Waals surface area contributed by atoms with Crippen LogP contribution in [-0.4, -0.2) is 48.3 Å². The summed E-state index contributed by atoms with van der Waals surface area (Å²) >= 11 is 0. The number of likely N-dealkylation sites (tertiary alicyclic amines) is 1. The van der Waals surface area contributed by atoms with Crippen molar-refractivity contribution in [3.05, 3.63) is 0 Å². The third kappa shape index (κ3) is 2.41. The standard InChI is InChI=1S/C14H25NO3/c1-9(2)12(8-18-3)15-7-10-5-4-6-11(10)13(15)14(16)17/h9-13H,4-8H2,1-3H3,(H,16,17). The van der Waals surface area contributed by atoms with Crippen LogP contribution in [0, 0.1) is 17.8 Å². The fourth-order valence-electron chi connectivity index (χ4n) is 3.85. The second kappa shape index (κ2) is 5.57. The highest BCUT2D eigenvalue weighted by molar-refractivity contribution is 5.74. The largest absolute Gasteiger partial charge is 0.480 e. The number of carboxylic acids is 1. The van der Waals surface area contributed by atoms with Crippen molar-refractivity contribution in [2.45, 2.75) is 45.2 Å². The van der Waals surface area contributed by atoms with Gasteiger partial charge in [-0.05, 0) is 30.6 Å². The highest BCUT2D eigenvalue weighted by Crippen LogP contribution is 2.43. The van der Waals surface area contributed by atoms with Crippen molar-refractivity contribution in [1.29, 1.82) is 0 Å². The second-order valence-corrected chi connectivity index (χ2v) is 6.10. The maximum absolute atomic E-state index is 11.6. The highest BCUT2D eigenvalue weighted by atomic mass is 16.5. The van der Waals surface area contributed by atoms with Crippen LogP contribution in [0.25, 0.3) is 0 Å². The fourth-order valence-corrected chi connectivity index (χ4v) is 3.85. The number of fused-ring (bicyclic) bond motifs is 1. The molecule has 2 aliphatic rings. The van der Waals surface area contributed by atoms with E-state index in [1.165, 1.54) is 12.8 Å². The van der Waals surface area contributed by atoms with Gasteiger partial charge in [0, 0.05) is 19.7 Å². The van der Waals surface area contributed by atoms with Gasteiger partial charge in [-0.2, -0.15) is 0 Å². The molecule has 0 aromatic rings. The lowest BCUT2D eigenvalue weighted by Crippen LogP contribution is -2.49. The monoisotopic (exact) mass is 255 g/mol. The first-order chi connectivity index (χ1) is 8.56. The Morgan fingerprint density at radius 1 is 1.44 bits per heavy atom. The number of hydrogen-bond donors (Lipinski definition) is 1. The predicted octanol–water partition coefficient (Wildman–Crippen LogP) is 1.84. The molecule has 1 aliphatic carbocycles. The smallest absolute Gasteiger partial charge is 0.321 e. The minimum Gasteiger partial charge on any atom is -0.480 e. The van der Waals surface area contributed by atoms with E-state index in [2.05, 4.69) is 18.7 Å². The lowest BCUT2D eigenvalue weighted by Gasteiger charge is -2.34. The molecule has 4 unspecified atom stereocenters. The van der Waals surface area contributed by atoms with E-state index in [1.54, 1.807) is 7.11 Å². The quantitative estimate of drug-likeness (QED) is 0.814. The van der Waals surface area contributed by atoms with Gasteiger partial charge in [-0.25, -0.2) is 0 Å². The first kappa shape index (κ1) is 13.8. The average Bonchev–Trinajstić information content (AvgIpc) is 2.83. The third-order valence-corrected chi connectivity index (χ3v) is 4.71. The molecule has 0 amide bonds. The van der Waals surface area contributed by atoms with Crippen molar-refractivity contribution < 1.29 is 14.6 Å². The van der Waals surface area contributed by atoms with Gasteiger partial charge in [0.25, 0.3) is 0 Å². The minimum atomic E-state index is -0.647. The van der Waals surface area contributed by atoms with Gasteiger partial charge in [0.15, 0.2) is 0 Å². The summed E-state index contributed by atoms with van der Waals surface area (Å²) in [5.41, 5.74) is 0. The SMILES string of the molecule is COCC(C(C)C)N1CC2CCCC2C1C(=O)O. The summed E-state index contributed by atoms with van der Waals surface area (Å²) in [7, 11) is 1.70. The van der Waals surface area contributed by atoms with Crippen molar-refractivity contribution in [2.24, 2.45) is 17.8 Å². The Kier molecular flexibility index (Phi) is 4.28. The van der Waals surface area contributed by atoms with E-state index in [0.717, 1.165) is 13.0 Å². The Balaban J connectivity index is 2.17. The Hall–Kier alpha value is -0.610. The van der Waals surface area contributed by atoms with Gasteiger partial charge in [-0.1, -0.05) is 20.3 Å². The molecule has 1 aliphatic heterocycles. The summed E-state index contributed by atoms with van der Waals surface area (Å²) in [5, 5.41) is 9.55. The molecule has 1 heterocycles. The first-order valence-electron chi connectivity index (χ1n) is 7.03. The Morgan fingerprint density at radius 3 is 2.72 bits per heavy atom. The maximum atomic E-state index is 11.6. The van der Waals surface area contributed by atoms with Crippen LogP contribution < -0.4 is 0 Å². The van der Waals surface area contributed by atoms with Crippen molar-refractivity contribution in [1.82, 2.24) is 4.90 Å². The van der Waals surface area contributed by atoms with Crippen LogP contribution in [-0.2, 0) is 9.53 Å². The van der Waals surface area contributed by atoms with Gasteiger partial charge in [-0.15, -0.1) is 0 Å². The molecular weight excluding hydrogens is 230 g/mol. The average molecular weight is 255 g/mol. The summed E-state index contributed by atoms with van der Waals surface area (Å²) in [6, 6.07) is -0.0678. The van der Waals surface area contributed by atoms with E-state index in [1.807, 2.05) is 0 Å². The van der Waals surface area contributed by atoms with E-state index in [4.69, 9.17) is 4.74 Å². The molecule has 2 fully saturated rings. The van der Waals surface area contributed by atoms with Gasteiger partial charge in [0.05, 0.1) is 6.61 Å². The molecule has 0 aromatic carbocycles. The molecule has 104 valence electrons. The Labute approximate surface area is 109 Å². The van der Waals surface area contributed by atoms with Crippen LogP contribution in [0.15, 0.2) is 0 Å². The molecule has 4 heteroatoms. The molecule has 0 aromatic heterocycles. The molecule has 1 saturated carbocycles. The lowest BCUT2D eigenvalue weighted by atomic mass is 9.93. The molecule has 0 spiro atoms. The summed E-state index contributed by atoms with van der Waals surface area (Å²) < 4.78 is 5.29. The number of carboxylic acid groups (broad SMARTS) is 1. The molecule has 2 rings (SSSR count). The molecule has 1 N–H and O–H groups in total. The van der Waals surface area contributed by atoms with E-state index >= 15 is 0 Å². The van der Waals surface area contributed by atoms with Crippen molar-refractivity contribution in [2.75, 3.05) is 20.3 Å². The molecular formula is C14H25NO3. The lowest BCUT2D eigenvalue weighted by molar-refractivity contribution is -0.145. The number of carbonyl (C=O) groups is 1. The topological polar surface area (TPSA) is 49.8 Å². The van der Waals surface area contributed by atoms with Gasteiger partial charge in [0.1, 0.15) is 6.04 Å². The van der Waals surface area contributed by atoms with E-state index in [9.17, 15) is 9.90 Å². The van der Waals surface area contributed by atoms with Crippen molar-refractivity contribution >= 4 is 5.97 Å². The third-order valence-electron chi connectivity index (χ3n) is 4.71. The number of methoxy groups -OCH3 is 1. The van der Waals surface area contributed by atoms with Crippen LogP contribution in [0.1, 0.15) is 33.1 Å². The van der Waals surface area contributed by atoms with Gasteiger partial charge in [-0.3, -0.25) is 9.69 Å². The van der Waals surface area contributed by atoms with Gasteiger partial charge in [0.2, 0.25) is 0 Å². The van der Waals surface area contributed by atoms with Crippen LogP contribution >= 0.6 is 0 Å². The minimum absolute atomic E-state index is 0.224. The highest BCUT2D eigenvalue weighted by Gasteiger charge is 2.50. The number of nitrogens with zero attached hydrogens (tertiary/aromatic N) is 1. The zero-order valence-electron chi connectivity index (χ0n) is 11.6. The van der Waals surface area contributed by atoms with E-state index < -0.39 is 5.97 Å².